The van der Waals surface area contributed by atoms with Gasteiger partial charge < -0.3 is 14.6 Å². The van der Waals surface area contributed by atoms with Gasteiger partial charge in [-0.2, -0.15) is 5.10 Å². The maximum Gasteiger partial charge on any atom is 0.360 e. The van der Waals surface area contributed by atoms with E-state index in [1.165, 1.54) is 10.7 Å². The van der Waals surface area contributed by atoms with Crippen molar-refractivity contribution in [1.82, 2.24) is 9.78 Å². The number of aryl methyl sites for hydroxylation is 1. The van der Waals surface area contributed by atoms with Crippen LogP contribution in [0.4, 0.5) is 5.69 Å². The number of aromatic nitrogens is 2. The summed E-state index contributed by atoms with van der Waals surface area (Å²) in [5.74, 6) is -1.62. The van der Waals surface area contributed by atoms with Gasteiger partial charge in [-0.25, -0.2) is 4.79 Å². The molecule has 0 saturated carbocycles. The Labute approximate surface area is 121 Å². The number of fused-ring (bicyclic) bond motifs is 2. The topological polar surface area (TPSA) is 134 Å². The van der Waals surface area contributed by atoms with E-state index in [0.29, 0.717) is 0 Å². The van der Waals surface area contributed by atoms with Crippen molar-refractivity contribution in [2.45, 2.75) is 13.5 Å². The Balaban J connectivity index is 2.58. The molecular formula is C12H9N3O7. The lowest BCUT2D eigenvalue weighted by molar-refractivity contribution is -0.383. The number of rotatable bonds is 3. The van der Waals surface area contributed by atoms with Gasteiger partial charge in [0.15, 0.2) is 5.75 Å². The average molecular weight is 307 g/mol. The van der Waals surface area contributed by atoms with Crippen LogP contribution in [0.3, 0.4) is 0 Å². The van der Waals surface area contributed by atoms with E-state index in [-0.39, 0.29) is 35.7 Å². The second-order valence-electron chi connectivity index (χ2n) is 4.41. The number of hydrogen-bond acceptors (Lipinski definition) is 7. The summed E-state index contributed by atoms with van der Waals surface area (Å²) in [4.78, 5) is 34.0. The van der Waals surface area contributed by atoms with E-state index in [0.717, 1.165) is 0 Å². The number of aromatic carboxylic acids is 1. The number of benzene rings is 1. The SMILES string of the molecule is CCn1nc(C(=O)O)c(=O)c2c([N+](=O)[O-])c3c(cc21)OCO3. The van der Waals surface area contributed by atoms with Crippen LogP contribution in [0, 0.1) is 10.1 Å². The molecule has 3 rings (SSSR count). The molecule has 22 heavy (non-hydrogen) atoms. The molecule has 0 unspecified atom stereocenters. The highest BCUT2D eigenvalue weighted by atomic mass is 16.7. The molecule has 0 spiro atoms. The molecule has 0 atom stereocenters. The van der Waals surface area contributed by atoms with Gasteiger partial charge in [-0.1, -0.05) is 0 Å². The van der Waals surface area contributed by atoms with Gasteiger partial charge in [0, 0.05) is 12.6 Å². The molecule has 1 aliphatic heterocycles. The van der Waals surface area contributed by atoms with Crippen molar-refractivity contribution < 1.29 is 24.3 Å². The van der Waals surface area contributed by atoms with Gasteiger partial charge >= 0.3 is 11.7 Å². The first-order chi connectivity index (χ1) is 10.5. The molecule has 0 fully saturated rings. The first kappa shape index (κ1) is 13.8. The minimum absolute atomic E-state index is 0.116. The standard InChI is InChI=1S/C12H9N3O7/c1-2-14-5-3-6-11(22-4-21-6)9(15(19)20)7(5)10(16)8(13-14)12(17)18/h3H,2,4H2,1H3,(H,17,18). The molecule has 10 nitrogen and oxygen atoms in total. The minimum atomic E-state index is -1.55. The lowest BCUT2D eigenvalue weighted by atomic mass is 10.1. The number of carboxylic acid groups (broad SMARTS) is 1. The zero-order valence-electron chi connectivity index (χ0n) is 11.2. The summed E-state index contributed by atoms with van der Waals surface area (Å²) < 4.78 is 11.4. The second-order valence-corrected chi connectivity index (χ2v) is 4.41. The quantitative estimate of drug-likeness (QED) is 0.648. The van der Waals surface area contributed by atoms with Gasteiger partial charge in [0.25, 0.3) is 0 Å². The summed E-state index contributed by atoms with van der Waals surface area (Å²) in [5.41, 5.74) is -2.30. The largest absolute Gasteiger partial charge is 0.476 e. The Morgan fingerprint density at radius 3 is 2.86 bits per heavy atom. The zero-order valence-corrected chi connectivity index (χ0v) is 11.2. The highest BCUT2D eigenvalue weighted by Crippen LogP contribution is 2.44. The number of ether oxygens (including phenoxy) is 2. The highest BCUT2D eigenvalue weighted by molar-refractivity contribution is 5.97. The van der Waals surface area contributed by atoms with E-state index >= 15 is 0 Å². The van der Waals surface area contributed by atoms with Crippen molar-refractivity contribution in [3.8, 4) is 11.5 Å². The Hall–Kier alpha value is -3.17. The van der Waals surface area contributed by atoms with Gasteiger partial charge in [0.2, 0.25) is 23.7 Å². The molecule has 0 radical (unpaired) electrons. The summed E-state index contributed by atoms with van der Waals surface area (Å²) >= 11 is 0. The molecule has 0 amide bonds. The van der Waals surface area contributed by atoms with Crippen molar-refractivity contribution in [3.63, 3.8) is 0 Å². The Morgan fingerprint density at radius 1 is 1.55 bits per heavy atom. The van der Waals surface area contributed by atoms with E-state index in [4.69, 9.17) is 14.6 Å². The molecule has 0 saturated heterocycles. The molecule has 10 heteroatoms. The number of carboxylic acids is 1. The van der Waals surface area contributed by atoms with E-state index in [1.54, 1.807) is 6.92 Å². The monoisotopic (exact) mass is 307 g/mol. The fourth-order valence-corrected chi connectivity index (χ4v) is 2.33. The smallest absolute Gasteiger partial charge is 0.360 e. The van der Waals surface area contributed by atoms with E-state index in [2.05, 4.69) is 5.10 Å². The van der Waals surface area contributed by atoms with Crippen molar-refractivity contribution in [2.75, 3.05) is 6.79 Å². The van der Waals surface area contributed by atoms with Crippen LogP contribution in [0.15, 0.2) is 10.9 Å². The number of carbonyl (C=O) groups is 1. The summed E-state index contributed by atoms with van der Waals surface area (Å²) in [6.45, 7) is 1.67. The van der Waals surface area contributed by atoms with Crippen LogP contribution in [0.5, 0.6) is 11.5 Å². The molecule has 1 aromatic heterocycles. The normalized spacial score (nSPS) is 12.6. The van der Waals surface area contributed by atoms with Crippen LogP contribution in [0.1, 0.15) is 17.4 Å². The Kier molecular flexibility index (Phi) is 2.94. The van der Waals surface area contributed by atoms with Crippen LogP contribution in [0.25, 0.3) is 10.9 Å². The van der Waals surface area contributed by atoms with Crippen molar-refractivity contribution >= 4 is 22.6 Å². The minimum Gasteiger partial charge on any atom is -0.476 e. The number of nitro groups is 1. The van der Waals surface area contributed by atoms with Crippen LogP contribution in [-0.4, -0.2) is 32.6 Å². The molecular weight excluding hydrogens is 298 g/mol. The lowest BCUT2D eigenvalue weighted by Crippen LogP contribution is -2.23. The Bertz CT molecular complexity index is 887. The van der Waals surface area contributed by atoms with Crippen LogP contribution in [-0.2, 0) is 6.54 Å². The molecule has 2 heterocycles. The van der Waals surface area contributed by atoms with Crippen molar-refractivity contribution in [2.24, 2.45) is 0 Å². The van der Waals surface area contributed by atoms with Crippen LogP contribution < -0.4 is 14.9 Å². The maximum atomic E-state index is 12.3. The summed E-state index contributed by atoms with van der Waals surface area (Å²) in [6.07, 6.45) is 0. The molecule has 0 aliphatic carbocycles. The maximum absolute atomic E-state index is 12.3. The predicted molar refractivity (Wildman–Crippen MR) is 71.4 cm³/mol. The number of nitrogens with zero attached hydrogens (tertiary/aromatic N) is 3. The van der Waals surface area contributed by atoms with E-state index < -0.39 is 27.7 Å². The van der Waals surface area contributed by atoms with Crippen molar-refractivity contribution in [1.29, 1.82) is 0 Å². The summed E-state index contributed by atoms with van der Waals surface area (Å²) in [7, 11) is 0. The van der Waals surface area contributed by atoms with Crippen LogP contribution >= 0.6 is 0 Å². The average Bonchev–Trinajstić information content (AvgIpc) is 2.92. The van der Waals surface area contributed by atoms with Gasteiger partial charge in [-0.05, 0) is 6.92 Å². The van der Waals surface area contributed by atoms with E-state index in [1.807, 2.05) is 0 Å². The number of hydrogen-bond donors (Lipinski definition) is 1. The first-order valence-electron chi connectivity index (χ1n) is 6.20. The summed E-state index contributed by atoms with van der Waals surface area (Å²) in [6, 6.07) is 1.38. The fourth-order valence-electron chi connectivity index (χ4n) is 2.33. The predicted octanol–water partition coefficient (Wildman–Crippen LogP) is 0.752. The van der Waals surface area contributed by atoms with Gasteiger partial charge in [-0.15, -0.1) is 0 Å². The van der Waals surface area contributed by atoms with Crippen LogP contribution in [0.2, 0.25) is 0 Å². The second kappa shape index (κ2) is 4.69. The van der Waals surface area contributed by atoms with E-state index in [9.17, 15) is 19.7 Å². The molecule has 0 bridgehead atoms. The Morgan fingerprint density at radius 2 is 2.27 bits per heavy atom. The fraction of sp³-hybridized carbons (Fsp3) is 0.250. The van der Waals surface area contributed by atoms with Gasteiger partial charge in [0.05, 0.1) is 10.4 Å². The van der Waals surface area contributed by atoms with Crippen molar-refractivity contribution in [3.05, 3.63) is 32.1 Å². The third-order valence-electron chi connectivity index (χ3n) is 3.24. The lowest BCUT2D eigenvalue weighted by Gasteiger charge is -2.10. The highest BCUT2D eigenvalue weighted by Gasteiger charge is 2.33. The molecule has 114 valence electrons. The number of nitro benzene ring substituents is 1. The van der Waals surface area contributed by atoms with Gasteiger partial charge in [-0.3, -0.25) is 19.6 Å². The molecule has 1 aromatic carbocycles. The third-order valence-corrected chi connectivity index (χ3v) is 3.24. The third kappa shape index (κ3) is 1.77. The molecule has 1 N–H and O–H groups in total. The molecule has 1 aliphatic rings. The molecule has 2 aromatic rings. The zero-order chi connectivity index (χ0) is 16.0. The first-order valence-corrected chi connectivity index (χ1v) is 6.20. The summed E-state index contributed by atoms with van der Waals surface area (Å²) in [5, 5.41) is 23.8. The van der Waals surface area contributed by atoms with Gasteiger partial charge in [0.1, 0.15) is 5.39 Å².